The van der Waals surface area contributed by atoms with Gasteiger partial charge in [0.1, 0.15) is 28.8 Å². The molecule has 0 radical (unpaired) electrons. The predicted octanol–water partition coefficient (Wildman–Crippen LogP) is 12.4. The zero-order valence-corrected chi connectivity index (χ0v) is 26.0. The third-order valence-corrected chi connectivity index (χ3v) is 10.1. The molecule has 3 aromatic carbocycles. The molecule has 2 aliphatic carbocycles. The molecular formula is C37H40F8O. The van der Waals surface area contributed by atoms with E-state index in [-0.39, 0.29) is 11.5 Å². The van der Waals surface area contributed by atoms with Crippen LogP contribution in [0.3, 0.4) is 0 Å². The summed E-state index contributed by atoms with van der Waals surface area (Å²) in [5, 5.41) is 0. The Kier molecular flexibility index (Phi) is 11.0. The predicted molar refractivity (Wildman–Crippen MR) is 161 cm³/mol. The van der Waals surface area contributed by atoms with Crippen molar-refractivity contribution in [3.05, 3.63) is 88.5 Å². The molecule has 3 aromatic rings. The summed E-state index contributed by atoms with van der Waals surface area (Å²) < 4.78 is 120. The fourth-order valence-corrected chi connectivity index (χ4v) is 7.54. The van der Waals surface area contributed by atoms with Crippen molar-refractivity contribution in [1.82, 2.24) is 0 Å². The number of benzene rings is 3. The largest absolute Gasteiger partial charge is 0.432 e. The molecule has 0 saturated heterocycles. The third-order valence-electron chi connectivity index (χ3n) is 10.1. The standard InChI is InChI=1S/C37H40F8O/c1-2-3-4-5-6-22-7-9-23(10-8-22)24-11-13-25(14-12-24)26-17-31(39)35(32(40)18-26)37(44,45)46-28-15-16-29(30(38)21-28)27-19-33(41)36(43)34(42)20-27/h15-25H,2-14H2,1H3. The van der Waals surface area contributed by atoms with Crippen molar-refractivity contribution in [2.75, 3.05) is 0 Å². The highest BCUT2D eigenvalue weighted by Gasteiger charge is 2.42. The van der Waals surface area contributed by atoms with E-state index < -0.39 is 57.9 Å². The Morgan fingerprint density at radius 2 is 1.24 bits per heavy atom. The van der Waals surface area contributed by atoms with Crippen LogP contribution in [0.1, 0.15) is 107 Å². The smallest absolute Gasteiger partial charge is 0.429 e. The summed E-state index contributed by atoms with van der Waals surface area (Å²) in [6.07, 6.45) is 10.4. The number of rotatable bonds is 11. The highest BCUT2D eigenvalue weighted by Crippen LogP contribution is 2.46. The van der Waals surface area contributed by atoms with E-state index in [0.29, 0.717) is 35.6 Å². The SMILES string of the molecule is CCCCCCC1CCC(C2CCC(c3cc(F)c(C(F)(F)Oc4ccc(-c5cc(F)c(F)c(F)c5)c(F)c4)c(F)c3)CC2)CC1. The topological polar surface area (TPSA) is 9.23 Å². The van der Waals surface area contributed by atoms with Gasteiger partial charge in [0.05, 0.1) is 0 Å². The Balaban J connectivity index is 1.19. The quantitative estimate of drug-likeness (QED) is 0.114. The fraction of sp³-hybridized carbons (Fsp3) is 0.514. The molecule has 2 aliphatic rings. The summed E-state index contributed by atoms with van der Waals surface area (Å²) in [4.78, 5) is 0. The third kappa shape index (κ3) is 7.88. The first kappa shape index (κ1) is 34.2. The van der Waals surface area contributed by atoms with Gasteiger partial charge >= 0.3 is 6.11 Å². The van der Waals surface area contributed by atoms with Crippen molar-refractivity contribution in [3.63, 3.8) is 0 Å². The first-order chi connectivity index (χ1) is 22.0. The minimum absolute atomic E-state index is 0.137. The number of ether oxygens (including phenoxy) is 1. The van der Waals surface area contributed by atoms with Crippen molar-refractivity contribution in [2.45, 2.75) is 102 Å². The first-order valence-electron chi connectivity index (χ1n) is 16.5. The van der Waals surface area contributed by atoms with Crippen molar-refractivity contribution in [3.8, 4) is 16.9 Å². The molecule has 0 bridgehead atoms. The number of hydrogen-bond acceptors (Lipinski definition) is 1. The lowest BCUT2D eigenvalue weighted by atomic mass is 9.68. The lowest BCUT2D eigenvalue weighted by Gasteiger charge is -2.38. The normalized spacial score (nSPS) is 22.2. The second-order valence-corrected chi connectivity index (χ2v) is 13.1. The average molecular weight is 653 g/mol. The highest BCUT2D eigenvalue weighted by molar-refractivity contribution is 5.65. The van der Waals surface area contributed by atoms with E-state index >= 15 is 17.6 Å². The molecule has 250 valence electrons. The maximum Gasteiger partial charge on any atom is 0.432 e. The maximum atomic E-state index is 15.1. The Morgan fingerprint density at radius 3 is 1.80 bits per heavy atom. The molecule has 0 unspecified atom stereocenters. The second-order valence-electron chi connectivity index (χ2n) is 13.1. The van der Waals surface area contributed by atoms with Crippen LogP contribution in [0, 0.1) is 52.7 Å². The van der Waals surface area contributed by atoms with E-state index in [0.717, 1.165) is 55.9 Å². The molecule has 9 heteroatoms. The van der Waals surface area contributed by atoms with E-state index in [1.165, 1.54) is 57.8 Å². The lowest BCUT2D eigenvalue weighted by molar-refractivity contribution is -0.189. The van der Waals surface area contributed by atoms with Crippen molar-refractivity contribution < 1.29 is 39.9 Å². The Hall–Kier alpha value is -3.10. The summed E-state index contributed by atoms with van der Waals surface area (Å²) in [7, 11) is 0. The molecule has 0 aliphatic heterocycles. The Labute approximate surface area is 265 Å². The maximum absolute atomic E-state index is 15.1. The van der Waals surface area contributed by atoms with E-state index in [4.69, 9.17) is 0 Å². The Bertz CT molecular complexity index is 1440. The number of halogens is 8. The molecule has 0 heterocycles. The van der Waals surface area contributed by atoms with Crippen LogP contribution in [0.5, 0.6) is 5.75 Å². The number of unbranched alkanes of at least 4 members (excludes halogenated alkanes) is 3. The van der Waals surface area contributed by atoms with Crippen LogP contribution in [0.25, 0.3) is 11.1 Å². The van der Waals surface area contributed by atoms with Gasteiger partial charge in [0.15, 0.2) is 17.5 Å². The molecule has 46 heavy (non-hydrogen) atoms. The molecular weight excluding hydrogens is 612 g/mol. The van der Waals surface area contributed by atoms with Crippen LogP contribution in [-0.4, -0.2) is 0 Å². The van der Waals surface area contributed by atoms with Crippen LogP contribution in [0.15, 0.2) is 42.5 Å². The van der Waals surface area contributed by atoms with Crippen LogP contribution >= 0.6 is 0 Å². The van der Waals surface area contributed by atoms with Gasteiger partial charge in [0, 0.05) is 11.6 Å². The minimum atomic E-state index is -4.50. The van der Waals surface area contributed by atoms with Gasteiger partial charge in [-0.2, -0.15) is 8.78 Å². The summed E-state index contributed by atoms with van der Waals surface area (Å²) in [5.74, 6) is -7.84. The molecule has 5 rings (SSSR count). The van der Waals surface area contributed by atoms with Crippen LogP contribution in [0.4, 0.5) is 35.1 Å². The lowest BCUT2D eigenvalue weighted by Crippen LogP contribution is -2.27. The van der Waals surface area contributed by atoms with E-state index in [1.54, 1.807) is 0 Å². The van der Waals surface area contributed by atoms with Crippen molar-refractivity contribution in [1.29, 1.82) is 0 Å². The summed E-state index contributed by atoms with van der Waals surface area (Å²) in [5.41, 5.74) is -2.06. The van der Waals surface area contributed by atoms with E-state index in [2.05, 4.69) is 11.7 Å². The highest BCUT2D eigenvalue weighted by atomic mass is 19.3. The van der Waals surface area contributed by atoms with Gasteiger partial charge < -0.3 is 4.74 Å². The molecule has 0 atom stereocenters. The monoisotopic (exact) mass is 652 g/mol. The Morgan fingerprint density at radius 1 is 0.652 bits per heavy atom. The van der Waals surface area contributed by atoms with Gasteiger partial charge in [-0.15, -0.1) is 0 Å². The van der Waals surface area contributed by atoms with E-state index in [1.807, 2.05) is 0 Å². The van der Waals surface area contributed by atoms with Crippen molar-refractivity contribution in [2.24, 2.45) is 17.8 Å². The molecule has 0 aromatic heterocycles. The number of hydrogen-bond donors (Lipinski definition) is 0. The zero-order chi connectivity index (χ0) is 33.0. The van der Waals surface area contributed by atoms with Gasteiger partial charge in [-0.05, 0) is 110 Å². The molecule has 0 amide bonds. The van der Waals surface area contributed by atoms with Gasteiger partial charge in [-0.3, -0.25) is 0 Å². The fourth-order valence-electron chi connectivity index (χ4n) is 7.54. The zero-order valence-electron chi connectivity index (χ0n) is 26.0. The van der Waals surface area contributed by atoms with Crippen LogP contribution in [-0.2, 0) is 6.11 Å². The van der Waals surface area contributed by atoms with E-state index in [9.17, 15) is 17.6 Å². The first-order valence-corrected chi connectivity index (χ1v) is 16.5. The summed E-state index contributed by atoms with van der Waals surface area (Å²) >= 11 is 0. The average Bonchev–Trinajstić information content (AvgIpc) is 3.01. The number of alkyl halides is 2. The van der Waals surface area contributed by atoms with Crippen molar-refractivity contribution >= 4 is 0 Å². The van der Waals surface area contributed by atoms with Crippen LogP contribution in [0.2, 0.25) is 0 Å². The molecule has 2 fully saturated rings. The van der Waals surface area contributed by atoms with Gasteiger partial charge in [-0.25, -0.2) is 26.3 Å². The van der Waals surface area contributed by atoms with Gasteiger partial charge in [0.2, 0.25) is 0 Å². The van der Waals surface area contributed by atoms with Gasteiger partial charge in [-0.1, -0.05) is 51.9 Å². The minimum Gasteiger partial charge on any atom is -0.429 e. The van der Waals surface area contributed by atoms with Crippen LogP contribution < -0.4 is 4.74 Å². The summed E-state index contributed by atoms with van der Waals surface area (Å²) in [6.45, 7) is 2.22. The van der Waals surface area contributed by atoms with Gasteiger partial charge in [0.25, 0.3) is 0 Å². The second kappa shape index (κ2) is 14.8. The summed E-state index contributed by atoms with van der Waals surface area (Å²) in [6, 6.07) is 5.20. The molecule has 2 saturated carbocycles. The molecule has 0 N–H and O–H groups in total. The molecule has 1 nitrogen and oxygen atoms in total. The molecule has 0 spiro atoms.